The van der Waals surface area contributed by atoms with Crippen LogP contribution in [0.1, 0.15) is 45.4 Å². The van der Waals surface area contributed by atoms with Gasteiger partial charge in [-0.3, -0.25) is 10.1 Å². The van der Waals surface area contributed by atoms with Crippen LogP contribution >= 0.6 is 0 Å². The number of carbonyl (C=O) groups is 3. The van der Waals surface area contributed by atoms with Gasteiger partial charge in [0, 0.05) is 12.0 Å². The third-order valence-electron chi connectivity index (χ3n) is 4.50. The van der Waals surface area contributed by atoms with E-state index >= 15 is 0 Å². The van der Waals surface area contributed by atoms with Gasteiger partial charge in [-0.15, -0.1) is 0 Å². The number of hydrogen-bond acceptors (Lipinski definition) is 7. The van der Waals surface area contributed by atoms with Crippen LogP contribution in [0.4, 0.5) is 5.95 Å². The minimum Gasteiger partial charge on any atom is -0.473 e. The van der Waals surface area contributed by atoms with Gasteiger partial charge < -0.3 is 19.6 Å². The van der Waals surface area contributed by atoms with Crippen LogP contribution < -0.4 is 5.32 Å². The van der Waals surface area contributed by atoms with Gasteiger partial charge in [-0.1, -0.05) is 20.8 Å². The van der Waals surface area contributed by atoms with Gasteiger partial charge in [0.15, 0.2) is 0 Å². The fourth-order valence-electron chi connectivity index (χ4n) is 2.97. The molecule has 0 radical (unpaired) electrons. The molecule has 1 amide bonds. The average molecular weight is 368 g/mol. The van der Waals surface area contributed by atoms with Gasteiger partial charge in [0.25, 0.3) is 5.95 Å². The Labute approximate surface area is 150 Å². The van der Waals surface area contributed by atoms with E-state index in [-0.39, 0.29) is 11.9 Å². The van der Waals surface area contributed by atoms with Crippen LogP contribution in [0.15, 0.2) is 4.52 Å². The smallest absolute Gasteiger partial charge is 0.414 e. The zero-order valence-corrected chi connectivity index (χ0v) is 15.1. The SMILES string of the molecule is CC(C)(C)C(=O)Nc1noc(C2CN3CCC2CC3)n1.O=C(O)C(=O)O. The third-order valence-corrected chi connectivity index (χ3v) is 4.50. The number of nitrogens with zero attached hydrogens (tertiary/aromatic N) is 3. The molecule has 144 valence electrons. The van der Waals surface area contributed by atoms with Crippen LogP contribution in [-0.2, 0) is 14.4 Å². The standard InChI is InChI=1S/C14H22N4O2.C2H2O4/c1-14(2,3)12(19)16-13-15-11(20-17-13)10-8-18-6-4-9(10)5-7-18;3-1(4)2(5)6/h9-10H,4-8H2,1-3H3,(H,16,17,19);(H,3,4)(H,5,6). The molecule has 3 N–H and O–H groups in total. The van der Waals surface area contributed by atoms with Crippen molar-refractivity contribution in [2.45, 2.75) is 39.5 Å². The Morgan fingerprint density at radius 2 is 1.73 bits per heavy atom. The van der Waals surface area contributed by atoms with Gasteiger partial charge in [0.05, 0.1) is 5.92 Å². The number of aliphatic carboxylic acids is 2. The molecule has 2 bridgehead atoms. The molecule has 0 aliphatic carbocycles. The Balaban J connectivity index is 0.000000352. The highest BCUT2D eigenvalue weighted by Gasteiger charge is 2.38. The molecule has 3 saturated heterocycles. The number of rotatable bonds is 2. The van der Waals surface area contributed by atoms with E-state index in [2.05, 4.69) is 20.4 Å². The summed E-state index contributed by atoms with van der Waals surface area (Å²) in [6, 6.07) is 0. The molecule has 3 aliphatic heterocycles. The quantitative estimate of drug-likeness (QED) is 0.651. The summed E-state index contributed by atoms with van der Waals surface area (Å²) in [5.41, 5.74) is -0.462. The van der Waals surface area contributed by atoms with Gasteiger partial charge in [0.1, 0.15) is 0 Å². The lowest BCUT2D eigenvalue weighted by molar-refractivity contribution is -0.159. The number of fused-ring (bicyclic) bond motifs is 3. The first-order chi connectivity index (χ1) is 12.1. The molecular weight excluding hydrogens is 344 g/mol. The van der Waals surface area contributed by atoms with Crippen LogP contribution in [0.2, 0.25) is 0 Å². The fraction of sp³-hybridized carbons (Fsp3) is 0.688. The topological polar surface area (TPSA) is 146 Å². The van der Waals surface area contributed by atoms with Crippen LogP contribution in [0.25, 0.3) is 0 Å². The normalized spacial score (nSPS) is 24.3. The first-order valence-corrected chi connectivity index (χ1v) is 8.41. The maximum atomic E-state index is 11.9. The Bertz CT molecular complexity index is 661. The number of aromatic nitrogens is 2. The monoisotopic (exact) mass is 368 g/mol. The molecule has 0 aromatic carbocycles. The Morgan fingerprint density at radius 1 is 1.15 bits per heavy atom. The number of carboxylic acid groups (broad SMARTS) is 2. The van der Waals surface area contributed by atoms with Gasteiger partial charge in [-0.25, -0.2) is 9.59 Å². The summed E-state index contributed by atoms with van der Waals surface area (Å²) in [7, 11) is 0. The van der Waals surface area contributed by atoms with Crippen molar-refractivity contribution in [3.05, 3.63) is 5.89 Å². The van der Waals surface area contributed by atoms with E-state index in [0.29, 0.717) is 17.7 Å². The van der Waals surface area contributed by atoms with Crippen LogP contribution in [0.5, 0.6) is 0 Å². The molecule has 4 heterocycles. The number of carbonyl (C=O) groups excluding carboxylic acids is 1. The molecule has 26 heavy (non-hydrogen) atoms. The molecule has 1 aromatic heterocycles. The van der Waals surface area contributed by atoms with Crippen LogP contribution in [0.3, 0.4) is 0 Å². The summed E-state index contributed by atoms with van der Waals surface area (Å²) in [5.74, 6) is -1.82. The lowest BCUT2D eigenvalue weighted by Crippen LogP contribution is -2.46. The lowest BCUT2D eigenvalue weighted by atomic mass is 9.79. The first kappa shape index (κ1) is 19.8. The average Bonchev–Trinajstić information content (AvgIpc) is 3.04. The zero-order chi connectivity index (χ0) is 19.5. The van der Waals surface area contributed by atoms with E-state index in [1.165, 1.54) is 25.9 Å². The molecule has 3 aliphatic rings. The van der Waals surface area contributed by atoms with Crippen molar-refractivity contribution in [2.75, 3.05) is 25.0 Å². The second-order valence-corrected chi connectivity index (χ2v) is 7.52. The molecule has 4 rings (SSSR count). The van der Waals surface area contributed by atoms with E-state index in [0.717, 1.165) is 6.54 Å². The molecule has 1 unspecified atom stereocenters. The highest BCUT2D eigenvalue weighted by Crippen LogP contribution is 2.38. The molecule has 10 nitrogen and oxygen atoms in total. The van der Waals surface area contributed by atoms with Crippen molar-refractivity contribution in [1.82, 2.24) is 15.0 Å². The van der Waals surface area contributed by atoms with Crippen LogP contribution in [-0.4, -0.2) is 62.7 Å². The highest BCUT2D eigenvalue weighted by molar-refractivity contribution is 6.27. The minimum absolute atomic E-state index is 0.0984. The predicted octanol–water partition coefficient (Wildman–Crippen LogP) is 1.02. The van der Waals surface area contributed by atoms with Crippen LogP contribution in [0, 0.1) is 11.3 Å². The summed E-state index contributed by atoms with van der Waals surface area (Å²) in [4.78, 5) is 36.9. The summed E-state index contributed by atoms with van der Waals surface area (Å²) in [5, 5.41) is 21.4. The van der Waals surface area contributed by atoms with Gasteiger partial charge in [-0.2, -0.15) is 4.98 Å². The Kier molecular flexibility index (Phi) is 5.96. The van der Waals surface area contributed by atoms with Gasteiger partial charge >= 0.3 is 11.9 Å². The maximum Gasteiger partial charge on any atom is 0.414 e. The molecule has 3 fully saturated rings. The second kappa shape index (κ2) is 7.81. The molecule has 0 spiro atoms. The van der Waals surface area contributed by atoms with E-state index in [4.69, 9.17) is 24.3 Å². The molecule has 1 atom stereocenters. The molecule has 10 heteroatoms. The van der Waals surface area contributed by atoms with E-state index in [1.807, 2.05) is 20.8 Å². The predicted molar refractivity (Wildman–Crippen MR) is 89.6 cm³/mol. The number of carboxylic acids is 2. The van der Waals surface area contributed by atoms with Gasteiger partial charge in [0.2, 0.25) is 11.8 Å². The van der Waals surface area contributed by atoms with Crippen molar-refractivity contribution in [3.63, 3.8) is 0 Å². The first-order valence-electron chi connectivity index (χ1n) is 8.41. The van der Waals surface area contributed by atoms with Crippen molar-refractivity contribution >= 4 is 23.8 Å². The molecule has 1 aromatic rings. The fourth-order valence-corrected chi connectivity index (χ4v) is 2.97. The second-order valence-electron chi connectivity index (χ2n) is 7.52. The molecular formula is C16H24N4O6. The largest absolute Gasteiger partial charge is 0.473 e. The van der Waals surface area contributed by atoms with E-state index < -0.39 is 17.4 Å². The minimum atomic E-state index is -1.82. The third kappa shape index (κ3) is 5.01. The maximum absolute atomic E-state index is 11.9. The number of amides is 1. The Morgan fingerprint density at radius 3 is 2.15 bits per heavy atom. The summed E-state index contributed by atoms with van der Waals surface area (Å²) < 4.78 is 5.37. The van der Waals surface area contributed by atoms with Crippen molar-refractivity contribution in [2.24, 2.45) is 11.3 Å². The van der Waals surface area contributed by atoms with Gasteiger partial charge in [-0.05, 0) is 37.0 Å². The Hall–Kier alpha value is -2.49. The number of nitrogens with one attached hydrogen (secondary N) is 1. The number of anilines is 1. The van der Waals surface area contributed by atoms with Crippen molar-refractivity contribution < 1.29 is 29.1 Å². The van der Waals surface area contributed by atoms with Crippen molar-refractivity contribution in [1.29, 1.82) is 0 Å². The van der Waals surface area contributed by atoms with Crippen molar-refractivity contribution in [3.8, 4) is 0 Å². The zero-order valence-electron chi connectivity index (χ0n) is 15.1. The molecule has 0 saturated carbocycles. The summed E-state index contributed by atoms with van der Waals surface area (Å²) in [6.07, 6.45) is 2.41. The van der Waals surface area contributed by atoms with E-state index in [9.17, 15) is 4.79 Å². The lowest BCUT2D eigenvalue weighted by Gasteiger charge is -2.43. The number of piperidine rings is 3. The summed E-state index contributed by atoms with van der Waals surface area (Å²) >= 11 is 0. The number of hydrogen-bond donors (Lipinski definition) is 3. The summed E-state index contributed by atoms with van der Waals surface area (Å²) in [6.45, 7) is 8.94. The van der Waals surface area contributed by atoms with E-state index in [1.54, 1.807) is 0 Å². The highest BCUT2D eigenvalue weighted by atomic mass is 16.5.